The first-order valence-corrected chi connectivity index (χ1v) is 7.04. The molecule has 0 aromatic rings. The minimum atomic E-state index is -4.08. The lowest BCUT2D eigenvalue weighted by Crippen LogP contribution is -2.52. The van der Waals surface area contributed by atoms with Gasteiger partial charge < -0.3 is 10.2 Å². The lowest BCUT2D eigenvalue weighted by atomic mass is 9.75. The summed E-state index contributed by atoms with van der Waals surface area (Å²) in [4.78, 5) is 2.58. The van der Waals surface area contributed by atoms with Crippen molar-refractivity contribution in [2.45, 2.75) is 37.9 Å². The van der Waals surface area contributed by atoms with Crippen molar-refractivity contribution in [1.29, 1.82) is 0 Å². The Morgan fingerprint density at radius 3 is 2.44 bits per heavy atom. The third kappa shape index (κ3) is 2.52. The van der Waals surface area contributed by atoms with Crippen molar-refractivity contribution in [2.75, 3.05) is 26.2 Å². The summed E-state index contributed by atoms with van der Waals surface area (Å²) in [7, 11) is 0. The van der Waals surface area contributed by atoms with Gasteiger partial charge in [0.15, 0.2) is 0 Å². The van der Waals surface area contributed by atoms with E-state index in [1.165, 1.54) is 25.9 Å². The van der Waals surface area contributed by atoms with Gasteiger partial charge in [-0.05, 0) is 63.1 Å². The van der Waals surface area contributed by atoms with E-state index in [-0.39, 0.29) is 0 Å². The summed E-state index contributed by atoms with van der Waals surface area (Å²) in [6, 6.07) is 0.676. The van der Waals surface area contributed by atoms with Crippen LogP contribution in [0.3, 0.4) is 0 Å². The number of hydrogen-bond acceptors (Lipinski definition) is 2. The maximum absolute atomic E-state index is 12.1. The van der Waals surface area contributed by atoms with Crippen LogP contribution in [0.15, 0.2) is 0 Å². The summed E-state index contributed by atoms with van der Waals surface area (Å²) in [5, 5.41) is 2.58. The minimum absolute atomic E-state index is 0.448. The van der Waals surface area contributed by atoms with Gasteiger partial charge in [0, 0.05) is 6.04 Å². The molecule has 1 N–H and O–H groups in total. The maximum atomic E-state index is 12.1. The Morgan fingerprint density at radius 1 is 1.11 bits per heavy atom. The third-order valence-corrected chi connectivity index (χ3v) is 5.08. The molecule has 3 heterocycles. The standard InChI is InChI=1S/C13H21F3N2/c14-13(15,16)8-17-7-9-5-11-10-1-3-18(4-2-10)12(11)6-9/h9-12,17H,1-8H2. The highest BCUT2D eigenvalue weighted by molar-refractivity contribution is 5.00. The quantitative estimate of drug-likeness (QED) is 0.839. The molecule has 18 heavy (non-hydrogen) atoms. The van der Waals surface area contributed by atoms with Gasteiger partial charge in [0.2, 0.25) is 0 Å². The predicted octanol–water partition coefficient (Wildman–Crippen LogP) is 2.26. The van der Waals surface area contributed by atoms with Gasteiger partial charge in [-0.2, -0.15) is 13.2 Å². The highest BCUT2D eigenvalue weighted by atomic mass is 19.4. The van der Waals surface area contributed by atoms with Gasteiger partial charge >= 0.3 is 6.18 Å². The molecule has 4 rings (SSSR count). The predicted molar refractivity (Wildman–Crippen MR) is 63.2 cm³/mol. The minimum Gasteiger partial charge on any atom is -0.308 e. The number of rotatable bonds is 3. The van der Waals surface area contributed by atoms with Gasteiger partial charge in [-0.1, -0.05) is 0 Å². The fourth-order valence-corrected chi connectivity index (χ4v) is 4.34. The highest BCUT2D eigenvalue weighted by Gasteiger charge is 2.47. The van der Waals surface area contributed by atoms with Crippen molar-refractivity contribution in [3.05, 3.63) is 0 Å². The molecule has 104 valence electrons. The molecule has 0 aromatic heterocycles. The fraction of sp³-hybridized carbons (Fsp3) is 1.00. The van der Waals surface area contributed by atoms with E-state index in [0.29, 0.717) is 18.5 Å². The molecule has 0 spiro atoms. The number of nitrogens with one attached hydrogen (secondary N) is 1. The van der Waals surface area contributed by atoms with Gasteiger partial charge in [0.25, 0.3) is 0 Å². The van der Waals surface area contributed by atoms with Crippen molar-refractivity contribution >= 4 is 0 Å². The second-order valence-electron chi connectivity index (χ2n) is 6.19. The average molecular weight is 262 g/mol. The normalized spacial score (nSPS) is 43.2. The van der Waals surface area contributed by atoms with Crippen LogP contribution in [0.25, 0.3) is 0 Å². The number of piperidine rings is 3. The van der Waals surface area contributed by atoms with Crippen LogP contribution >= 0.6 is 0 Å². The number of alkyl halides is 3. The number of fused-ring (bicyclic) bond motifs is 2. The highest BCUT2D eigenvalue weighted by Crippen LogP contribution is 2.47. The second kappa shape index (κ2) is 4.67. The van der Waals surface area contributed by atoms with Crippen molar-refractivity contribution in [2.24, 2.45) is 17.8 Å². The summed E-state index contributed by atoms with van der Waals surface area (Å²) in [5.41, 5.74) is 0. The Morgan fingerprint density at radius 2 is 1.83 bits per heavy atom. The van der Waals surface area contributed by atoms with Crippen LogP contribution in [0.1, 0.15) is 25.7 Å². The molecule has 0 amide bonds. The molecule has 2 bridgehead atoms. The van der Waals surface area contributed by atoms with Crippen LogP contribution in [0.5, 0.6) is 0 Å². The van der Waals surface area contributed by atoms with Crippen LogP contribution in [-0.2, 0) is 0 Å². The molecule has 2 nitrogen and oxygen atoms in total. The summed E-state index contributed by atoms with van der Waals surface area (Å²) < 4.78 is 36.3. The number of halogens is 3. The Hall–Kier alpha value is -0.290. The average Bonchev–Trinajstić information content (AvgIpc) is 2.74. The van der Waals surface area contributed by atoms with Crippen molar-refractivity contribution in [3.8, 4) is 0 Å². The van der Waals surface area contributed by atoms with Crippen LogP contribution in [0, 0.1) is 17.8 Å². The van der Waals surface area contributed by atoms with Gasteiger partial charge in [-0.25, -0.2) is 0 Å². The van der Waals surface area contributed by atoms with E-state index in [1.54, 1.807) is 0 Å². The lowest BCUT2D eigenvalue weighted by molar-refractivity contribution is -0.125. The molecule has 5 heteroatoms. The number of hydrogen-bond donors (Lipinski definition) is 1. The first-order chi connectivity index (χ1) is 8.53. The molecular weight excluding hydrogens is 241 g/mol. The molecule has 1 saturated carbocycles. The topological polar surface area (TPSA) is 15.3 Å². The Labute approximate surface area is 106 Å². The molecule has 3 saturated heterocycles. The maximum Gasteiger partial charge on any atom is 0.401 e. The second-order valence-corrected chi connectivity index (χ2v) is 6.19. The van der Waals surface area contributed by atoms with Crippen LogP contribution in [0.2, 0.25) is 0 Å². The summed E-state index contributed by atoms with van der Waals surface area (Å²) >= 11 is 0. The zero-order valence-electron chi connectivity index (χ0n) is 10.5. The molecule has 3 aliphatic heterocycles. The first-order valence-electron chi connectivity index (χ1n) is 7.04. The van der Waals surface area contributed by atoms with Gasteiger partial charge in [-0.15, -0.1) is 0 Å². The molecule has 4 aliphatic rings. The Balaban J connectivity index is 1.49. The van der Waals surface area contributed by atoms with Crippen LogP contribution in [-0.4, -0.2) is 43.3 Å². The summed E-state index contributed by atoms with van der Waals surface area (Å²) in [5.74, 6) is 2.07. The Bertz CT molecular complexity index is 277. The van der Waals surface area contributed by atoms with E-state index in [2.05, 4.69) is 10.2 Å². The molecule has 3 atom stereocenters. The van der Waals surface area contributed by atoms with Crippen molar-refractivity contribution in [1.82, 2.24) is 10.2 Å². The molecule has 0 aromatic carbocycles. The van der Waals surface area contributed by atoms with Crippen molar-refractivity contribution in [3.63, 3.8) is 0 Å². The summed E-state index contributed by atoms with van der Waals surface area (Å²) in [6.45, 7) is 2.13. The fourth-order valence-electron chi connectivity index (χ4n) is 4.34. The van der Waals surface area contributed by atoms with Gasteiger partial charge in [0.05, 0.1) is 6.54 Å². The molecule has 1 aliphatic carbocycles. The van der Waals surface area contributed by atoms with Gasteiger partial charge in [-0.3, -0.25) is 0 Å². The van der Waals surface area contributed by atoms with E-state index in [9.17, 15) is 13.2 Å². The van der Waals surface area contributed by atoms with Gasteiger partial charge in [0.1, 0.15) is 0 Å². The molecule has 0 radical (unpaired) electrons. The lowest BCUT2D eigenvalue weighted by Gasteiger charge is -2.48. The van der Waals surface area contributed by atoms with Crippen LogP contribution in [0.4, 0.5) is 13.2 Å². The smallest absolute Gasteiger partial charge is 0.308 e. The largest absolute Gasteiger partial charge is 0.401 e. The monoisotopic (exact) mass is 262 g/mol. The number of nitrogens with zero attached hydrogens (tertiary/aromatic N) is 1. The van der Waals surface area contributed by atoms with E-state index in [0.717, 1.165) is 24.7 Å². The van der Waals surface area contributed by atoms with E-state index in [4.69, 9.17) is 0 Å². The first kappa shape index (κ1) is 12.7. The van der Waals surface area contributed by atoms with Crippen molar-refractivity contribution < 1.29 is 13.2 Å². The van der Waals surface area contributed by atoms with E-state index < -0.39 is 12.7 Å². The van der Waals surface area contributed by atoms with E-state index >= 15 is 0 Å². The SMILES string of the molecule is FC(F)(F)CNCC1CC2C3CCN(CC3)C2C1. The molecule has 3 unspecified atom stereocenters. The summed E-state index contributed by atoms with van der Waals surface area (Å²) in [6.07, 6.45) is 0.782. The third-order valence-electron chi connectivity index (χ3n) is 5.08. The zero-order valence-corrected chi connectivity index (χ0v) is 10.5. The molecular formula is C13H21F3N2. The van der Waals surface area contributed by atoms with E-state index in [1.807, 2.05) is 0 Å². The van der Waals surface area contributed by atoms with Crippen LogP contribution < -0.4 is 5.32 Å². The zero-order chi connectivity index (χ0) is 12.8. The molecule has 4 fully saturated rings. The Kier molecular flexibility index (Phi) is 3.30.